The Labute approximate surface area is 111 Å². The number of alkyl halides is 1. The molecular formula is C14H15ClN2O. The quantitative estimate of drug-likeness (QED) is 0.845. The minimum atomic E-state index is -0.0804. The summed E-state index contributed by atoms with van der Waals surface area (Å²) >= 11 is 5.75. The number of rotatable bonds is 4. The molecule has 4 heteroatoms. The molecule has 0 saturated carbocycles. The number of benzene rings is 1. The van der Waals surface area contributed by atoms with Gasteiger partial charge in [-0.1, -0.05) is 12.1 Å². The average molecular weight is 263 g/mol. The smallest absolute Gasteiger partial charge is 0.251 e. The summed E-state index contributed by atoms with van der Waals surface area (Å²) in [5, 5.41) is 2.89. The lowest BCUT2D eigenvalue weighted by Crippen LogP contribution is -2.23. The highest BCUT2D eigenvalue weighted by molar-refractivity contribution is 6.17. The van der Waals surface area contributed by atoms with Gasteiger partial charge in [0, 0.05) is 30.4 Å². The van der Waals surface area contributed by atoms with Crippen LogP contribution in [0.1, 0.15) is 21.6 Å². The van der Waals surface area contributed by atoms with E-state index in [1.807, 2.05) is 48.1 Å². The number of carbonyl (C=O) groups is 1. The van der Waals surface area contributed by atoms with E-state index < -0.39 is 0 Å². The minimum absolute atomic E-state index is 0.0804. The maximum absolute atomic E-state index is 12.0. The Balaban J connectivity index is 2.01. The highest BCUT2D eigenvalue weighted by atomic mass is 35.5. The summed E-state index contributed by atoms with van der Waals surface area (Å²) in [4.78, 5) is 12.0. The molecule has 0 saturated heterocycles. The SMILES string of the molecule is Cn1cccc1CNC(=O)c1cccc(CCl)c1. The van der Waals surface area contributed by atoms with Crippen LogP contribution in [0, 0.1) is 0 Å². The second kappa shape index (κ2) is 5.74. The molecule has 2 rings (SSSR count). The van der Waals surface area contributed by atoms with E-state index in [1.165, 1.54) is 0 Å². The Morgan fingerprint density at radius 2 is 2.17 bits per heavy atom. The van der Waals surface area contributed by atoms with E-state index in [4.69, 9.17) is 11.6 Å². The van der Waals surface area contributed by atoms with Crippen molar-refractivity contribution < 1.29 is 4.79 Å². The molecule has 0 aliphatic heterocycles. The van der Waals surface area contributed by atoms with Gasteiger partial charge in [-0.25, -0.2) is 0 Å². The summed E-state index contributed by atoms with van der Waals surface area (Å²) in [6.45, 7) is 0.521. The molecule has 0 aliphatic rings. The second-order valence-corrected chi connectivity index (χ2v) is 4.39. The molecule has 94 valence electrons. The monoisotopic (exact) mass is 262 g/mol. The van der Waals surface area contributed by atoms with E-state index in [2.05, 4.69) is 5.32 Å². The fraction of sp³-hybridized carbons (Fsp3) is 0.214. The molecule has 0 spiro atoms. The van der Waals surface area contributed by atoms with Crippen LogP contribution in [0.25, 0.3) is 0 Å². The van der Waals surface area contributed by atoms with Crippen LogP contribution in [0.4, 0.5) is 0 Å². The number of hydrogen-bond acceptors (Lipinski definition) is 1. The molecule has 0 bridgehead atoms. The Morgan fingerprint density at radius 3 is 2.83 bits per heavy atom. The largest absolute Gasteiger partial charge is 0.353 e. The molecule has 3 nitrogen and oxygen atoms in total. The molecule has 1 aromatic heterocycles. The predicted octanol–water partition coefficient (Wildman–Crippen LogP) is 2.69. The normalized spacial score (nSPS) is 10.3. The number of nitrogens with zero attached hydrogens (tertiary/aromatic N) is 1. The highest BCUT2D eigenvalue weighted by Gasteiger charge is 2.06. The third-order valence-electron chi connectivity index (χ3n) is 2.82. The maximum atomic E-state index is 12.0. The minimum Gasteiger partial charge on any atom is -0.353 e. The van der Waals surface area contributed by atoms with Crippen LogP contribution in [-0.4, -0.2) is 10.5 Å². The first-order valence-corrected chi connectivity index (χ1v) is 6.27. The van der Waals surface area contributed by atoms with E-state index >= 15 is 0 Å². The van der Waals surface area contributed by atoms with Gasteiger partial charge >= 0.3 is 0 Å². The third kappa shape index (κ3) is 2.93. The van der Waals surface area contributed by atoms with Crippen LogP contribution in [-0.2, 0) is 19.5 Å². The first-order valence-electron chi connectivity index (χ1n) is 5.74. The summed E-state index contributed by atoms with van der Waals surface area (Å²) in [7, 11) is 1.95. The summed E-state index contributed by atoms with van der Waals surface area (Å²) in [5.41, 5.74) is 2.65. The third-order valence-corrected chi connectivity index (χ3v) is 3.13. The molecule has 1 heterocycles. The summed E-state index contributed by atoms with van der Waals surface area (Å²) in [5.74, 6) is 0.335. The van der Waals surface area contributed by atoms with Gasteiger partial charge in [-0.15, -0.1) is 11.6 Å². The van der Waals surface area contributed by atoms with E-state index in [1.54, 1.807) is 6.07 Å². The lowest BCUT2D eigenvalue weighted by Gasteiger charge is -2.07. The van der Waals surface area contributed by atoms with Crippen LogP contribution < -0.4 is 5.32 Å². The fourth-order valence-corrected chi connectivity index (χ4v) is 1.91. The van der Waals surface area contributed by atoms with Gasteiger partial charge in [-0.2, -0.15) is 0 Å². The van der Waals surface area contributed by atoms with Crippen molar-refractivity contribution in [1.29, 1.82) is 0 Å². The summed E-state index contributed by atoms with van der Waals surface area (Å²) < 4.78 is 1.98. The average Bonchev–Trinajstić information content (AvgIpc) is 2.81. The topological polar surface area (TPSA) is 34.0 Å². The molecule has 2 aromatic rings. The maximum Gasteiger partial charge on any atom is 0.251 e. The molecule has 0 aliphatic carbocycles. The van der Waals surface area contributed by atoms with Crippen molar-refractivity contribution in [2.45, 2.75) is 12.4 Å². The summed E-state index contributed by atoms with van der Waals surface area (Å²) in [6, 6.07) is 11.3. The van der Waals surface area contributed by atoms with E-state index in [-0.39, 0.29) is 5.91 Å². The molecule has 1 aromatic carbocycles. The summed E-state index contributed by atoms with van der Waals surface area (Å²) in [6.07, 6.45) is 1.95. The van der Waals surface area contributed by atoms with Gasteiger partial charge in [0.05, 0.1) is 6.54 Å². The Bertz CT molecular complexity index is 548. The zero-order valence-electron chi connectivity index (χ0n) is 10.2. The first-order chi connectivity index (χ1) is 8.70. The van der Waals surface area contributed by atoms with Gasteiger partial charge < -0.3 is 9.88 Å². The Kier molecular flexibility index (Phi) is 4.05. The zero-order chi connectivity index (χ0) is 13.0. The van der Waals surface area contributed by atoms with Gasteiger partial charge in [0.15, 0.2) is 0 Å². The molecule has 18 heavy (non-hydrogen) atoms. The lowest BCUT2D eigenvalue weighted by atomic mass is 10.1. The first kappa shape index (κ1) is 12.7. The number of aryl methyl sites for hydroxylation is 1. The van der Waals surface area contributed by atoms with Crippen LogP contribution in [0.5, 0.6) is 0 Å². The highest BCUT2D eigenvalue weighted by Crippen LogP contribution is 2.08. The van der Waals surface area contributed by atoms with Gasteiger partial charge in [-0.3, -0.25) is 4.79 Å². The van der Waals surface area contributed by atoms with Crippen molar-refractivity contribution in [3.05, 3.63) is 59.4 Å². The van der Waals surface area contributed by atoms with Crippen molar-refractivity contribution in [2.24, 2.45) is 7.05 Å². The fourth-order valence-electron chi connectivity index (χ4n) is 1.75. The van der Waals surface area contributed by atoms with E-state index in [0.717, 1.165) is 11.3 Å². The van der Waals surface area contributed by atoms with Crippen LogP contribution in [0.2, 0.25) is 0 Å². The number of hydrogen-bond donors (Lipinski definition) is 1. The zero-order valence-corrected chi connectivity index (χ0v) is 10.9. The van der Waals surface area contributed by atoms with Crippen molar-refractivity contribution in [3.63, 3.8) is 0 Å². The van der Waals surface area contributed by atoms with Crippen LogP contribution in [0.15, 0.2) is 42.6 Å². The number of halogens is 1. The van der Waals surface area contributed by atoms with Crippen molar-refractivity contribution >= 4 is 17.5 Å². The van der Waals surface area contributed by atoms with Crippen LogP contribution >= 0.6 is 11.6 Å². The molecule has 0 radical (unpaired) electrons. The van der Waals surface area contributed by atoms with Gasteiger partial charge in [-0.05, 0) is 29.8 Å². The Hall–Kier alpha value is -1.74. The number of nitrogens with one attached hydrogen (secondary N) is 1. The van der Waals surface area contributed by atoms with E-state index in [9.17, 15) is 4.79 Å². The second-order valence-electron chi connectivity index (χ2n) is 4.13. The molecule has 1 amide bonds. The van der Waals surface area contributed by atoms with E-state index in [0.29, 0.717) is 18.0 Å². The molecule has 0 fully saturated rings. The van der Waals surface area contributed by atoms with Crippen molar-refractivity contribution in [1.82, 2.24) is 9.88 Å². The molecule has 0 unspecified atom stereocenters. The van der Waals surface area contributed by atoms with Gasteiger partial charge in [0.2, 0.25) is 0 Å². The predicted molar refractivity (Wildman–Crippen MR) is 72.6 cm³/mol. The Morgan fingerprint density at radius 1 is 1.33 bits per heavy atom. The molecule has 1 N–H and O–H groups in total. The van der Waals surface area contributed by atoms with Crippen molar-refractivity contribution in [2.75, 3.05) is 0 Å². The number of carbonyl (C=O) groups excluding carboxylic acids is 1. The molecular weight excluding hydrogens is 248 g/mol. The van der Waals surface area contributed by atoms with Gasteiger partial charge in [0.1, 0.15) is 0 Å². The lowest BCUT2D eigenvalue weighted by molar-refractivity contribution is 0.0950. The number of aromatic nitrogens is 1. The van der Waals surface area contributed by atoms with Crippen molar-refractivity contribution in [3.8, 4) is 0 Å². The molecule has 0 atom stereocenters. The number of amides is 1. The standard InChI is InChI=1S/C14H15ClN2O/c1-17-7-3-6-13(17)10-16-14(18)12-5-2-4-11(8-12)9-15/h2-8H,9-10H2,1H3,(H,16,18). The van der Waals surface area contributed by atoms with Crippen LogP contribution in [0.3, 0.4) is 0 Å². The van der Waals surface area contributed by atoms with Gasteiger partial charge in [0.25, 0.3) is 5.91 Å².